The number of benzene rings is 1. The Hall–Kier alpha value is -1.55. The van der Waals surface area contributed by atoms with Crippen LogP contribution in [0.1, 0.15) is 41.6 Å². The minimum absolute atomic E-state index is 0.0229. The van der Waals surface area contributed by atoms with E-state index in [9.17, 15) is 4.79 Å². The molecule has 4 heteroatoms. The molecule has 0 unspecified atom stereocenters. The number of amides is 1. The Morgan fingerprint density at radius 1 is 1.40 bits per heavy atom. The molecular formula is C16H22N2O2. The number of aliphatic hydroxyl groups excluding tert-OH is 1. The zero-order valence-corrected chi connectivity index (χ0v) is 11.7. The Kier molecular flexibility index (Phi) is 3.66. The van der Waals surface area contributed by atoms with Crippen molar-refractivity contribution < 1.29 is 9.90 Å². The molecular weight excluding hydrogens is 252 g/mol. The van der Waals surface area contributed by atoms with E-state index in [1.807, 2.05) is 18.2 Å². The average Bonchev–Trinajstić information content (AvgIpc) is 3.25. The lowest BCUT2D eigenvalue weighted by atomic mass is 9.96. The van der Waals surface area contributed by atoms with Gasteiger partial charge in [-0.15, -0.1) is 0 Å². The quantitative estimate of drug-likeness (QED) is 0.769. The summed E-state index contributed by atoms with van der Waals surface area (Å²) < 4.78 is 0. The molecule has 2 aliphatic rings. The Morgan fingerprint density at radius 2 is 2.25 bits per heavy atom. The number of nitrogens with one attached hydrogen (secondary N) is 2. The van der Waals surface area contributed by atoms with Crippen LogP contribution < -0.4 is 10.6 Å². The number of hydrogen-bond acceptors (Lipinski definition) is 3. The first-order chi connectivity index (χ1) is 9.74. The molecule has 3 rings (SSSR count). The van der Waals surface area contributed by atoms with Gasteiger partial charge in [0.25, 0.3) is 5.91 Å². The van der Waals surface area contributed by atoms with Crippen molar-refractivity contribution in [2.45, 2.75) is 32.1 Å². The second-order valence-corrected chi connectivity index (χ2v) is 6.02. The van der Waals surface area contributed by atoms with Crippen LogP contribution in [-0.2, 0) is 6.42 Å². The molecule has 108 valence electrons. The molecule has 0 spiro atoms. The third-order valence-electron chi connectivity index (χ3n) is 4.56. The summed E-state index contributed by atoms with van der Waals surface area (Å²) in [6.45, 7) is 1.88. The van der Waals surface area contributed by atoms with Crippen LogP contribution in [0.5, 0.6) is 0 Å². The summed E-state index contributed by atoms with van der Waals surface area (Å²) >= 11 is 0. The van der Waals surface area contributed by atoms with Crippen LogP contribution in [0.2, 0.25) is 0 Å². The Bertz CT molecular complexity index is 509. The van der Waals surface area contributed by atoms with E-state index >= 15 is 0 Å². The smallest absolute Gasteiger partial charge is 0.251 e. The van der Waals surface area contributed by atoms with Gasteiger partial charge in [0.15, 0.2) is 0 Å². The number of carbonyl (C=O) groups is 1. The van der Waals surface area contributed by atoms with E-state index in [1.54, 1.807) is 0 Å². The summed E-state index contributed by atoms with van der Waals surface area (Å²) in [5, 5.41) is 15.5. The van der Waals surface area contributed by atoms with Crippen LogP contribution in [-0.4, -0.2) is 30.7 Å². The lowest BCUT2D eigenvalue weighted by molar-refractivity contribution is 0.0940. The van der Waals surface area contributed by atoms with Gasteiger partial charge < -0.3 is 15.7 Å². The van der Waals surface area contributed by atoms with Gasteiger partial charge in [-0.25, -0.2) is 0 Å². The fourth-order valence-corrected chi connectivity index (χ4v) is 3.01. The van der Waals surface area contributed by atoms with Crippen molar-refractivity contribution in [3.05, 3.63) is 29.3 Å². The maximum Gasteiger partial charge on any atom is 0.251 e. The lowest BCUT2D eigenvalue weighted by Gasteiger charge is -2.21. The molecule has 1 aromatic rings. The van der Waals surface area contributed by atoms with Crippen molar-refractivity contribution in [2.24, 2.45) is 5.41 Å². The van der Waals surface area contributed by atoms with Gasteiger partial charge in [0.05, 0.1) is 0 Å². The highest BCUT2D eigenvalue weighted by molar-refractivity contribution is 5.97. The predicted molar refractivity (Wildman–Crippen MR) is 79.0 cm³/mol. The maximum atomic E-state index is 12.4. The van der Waals surface area contributed by atoms with Gasteiger partial charge in [0.2, 0.25) is 0 Å². The zero-order chi connectivity index (χ0) is 14.0. The van der Waals surface area contributed by atoms with Gasteiger partial charge in [0, 0.05) is 30.9 Å². The zero-order valence-electron chi connectivity index (χ0n) is 11.7. The second kappa shape index (κ2) is 5.44. The fourth-order valence-electron chi connectivity index (χ4n) is 3.01. The predicted octanol–water partition coefficient (Wildman–Crippen LogP) is 1.94. The Labute approximate surface area is 119 Å². The molecule has 1 fully saturated rings. The van der Waals surface area contributed by atoms with Crippen molar-refractivity contribution in [3.8, 4) is 0 Å². The van der Waals surface area contributed by atoms with Crippen LogP contribution >= 0.6 is 0 Å². The average molecular weight is 274 g/mol. The van der Waals surface area contributed by atoms with Crippen LogP contribution in [0.25, 0.3) is 0 Å². The molecule has 0 bridgehead atoms. The number of fused-ring (bicyclic) bond motifs is 1. The highest BCUT2D eigenvalue weighted by atomic mass is 16.3. The van der Waals surface area contributed by atoms with E-state index in [0.717, 1.165) is 55.5 Å². The summed E-state index contributed by atoms with van der Waals surface area (Å²) in [6.07, 6.45) is 5.06. The normalized spacial score (nSPS) is 18.9. The molecule has 1 aliphatic carbocycles. The summed E-state index contributed by atoms with van der Waals surface area (Å²) in [4.78, 5) is 12.4. The van der Waals surface area contributed by atoms with E-state index in [1.165, 1.54) is 0 Å². The van der Waals surface area contributed by atoms with Gasteiger partial charge in [-0.3, -0.25) is 4.79 Å². The van der Waals surface area contributed by atoms with E-state index in [4.69, 9.17) is 5.11 Å². The van der Waals surface area contributed by atoms with Gasteiger partial charge in [-0.05, 0) is 55.2 Å². The summed E-state index contributed by atoms with van der Waals surface area (Å²) in [6, 6.07) is 5.89. The molecule has 0 atom stereocenters. The van der Waals surface area contributed by atoms with Gasteiger partial charge in [-0.2, -0.15) is 0 Å². The highest BCUT2D eigenvalue weighted by Gasteiger charge is 2.42. The molecule has 1 heterocycles. The fraction of sp³-hybridized carbons (Fsp3) is 0.562. The van der Waals surface area contributed by atoms with Crippen molar-refractivity contribution in [2.75, 3.05) is 25.0 Å². The topological polar surface area (TPSA) is 61.4 Å². The molecule has 0 radical (unpaired) electrons. The monoisotopic (exact) mass is 274 g/mol. The maximum absolute atomic E-state index is 12.4. The third-order valence-corrected chi connectivity index (χ3v) is 4.56. The molecule has 4 nitrogen and oxygen atoms in total. The first kappa shape index (κ1) is 13.4. The van der Waals surface area contributed by atoms with Crippen molar-refractivity contribution in [3.63, 3.8) is 0 Å². The second-order valence-electron chi connectivity index (χ2n) is 6.02. The number of aliphatic hydroxyl groups is 1. The van der Waals surface area contributed by atoms with E-state index in [2.05, 4.69) is 10.6 Å². The molecule has 1 aromatic carbocycles. The van der Waals surface area contributed by atoms with Crippen LogP contribution in [0.15, 0.2) is 18.2 Å². The van der Waals surface area contributed by atoms with Gasteiger partial charge in [-0.1, -0.05) is 6.07 Å². The van der Waals surface area contributed by atoms with Crippen LogP contribution in [0.4, 0.5) is 5.69 Å². The number of anilines is 1. The minimum atomic E-state index is 0.0229. The van der Waals surface area contributed by atoms with E-state index in [-0.39, 0.29) is 17.9 Å². The first-order valence-corrected chi connectivity index (χ1v) is 7.49. The summed E-state index contributed by atoms with van der Waals surface area (Å²) in [5.74, 6) is 0.0229. The standard InChI is InChI=1S/C16H22N2O2/c19-10-8-16(6-7-16)11-18-15(20)13-3-1-5-14-12(13)4-2-9-17-14/h1,3,5,17,19H,2,4,6-11H2,(H,18,20). The van der Waals surface area contributed by atoms with Crippen LogP contribution in [0.3, 0.4) is 0 Å². The van der Waals surface area contributed by atoms with Crippen molar-refractivity contribution in [1.82, 2.24) is 5.32 Å². The number of rotatable bonds is 5. The SMILES string of the molecule is O=C(NCC1(CCO)CC1)c1cccc2c1CCCN2. The van der Waals surface area contributed by atoms with Crippen LogP contribution in [0, 0.1) is 5.41 Å². The molecule has 20 heavy (non-hydrogen) atoms. The van der Waals surface area contributed by atoms with E-state index in [0.29, 0.717) is 6.54 Å². The molecule has 1 amide bonds. The molecule has 0 aromatic heterocycles. The number of hydrogen-bond donors (Lipinski definition) is 3. The minimum Gasteiger partial charge on any atom is -0.396 e. The van der Waals surface area contributed by atoms with Gasteiger partial charge >= 0.3 is 0 Å². The molecule has 0 saturated heterocycles. The Balaban J connectivity index is 1.68. The van der Waals surface area contributed by atoms with E-state index < -0.39 is 0 Å². The number of carbonyl (C=O) groups excluding carboxylic acids is 1. The molecule has 1 aliphatic heterocycles. The van der Waals surface area contributed by atoms with Gasteiger partial charge in [0.1, 0.15) is 0 Å². The van der Waals surface area contributed by atoms with Crippen molar-refractivity contribution >= 4 is 11.6 Å². The molecule has 1 saturated carbocycles. The largest absolute Gasteiger partial charge is 0.396 e. The summed E-state index contributed by atoms with van der Waals surface area (Å²) in [5.41, 5.74) is 3.20. The lowest BCUT2D eigenvalue weighted by Crippen LogP contribution is -2.32. The first-order valence-electron chi connectivity index (χ1n) is 7.49. The molecule has 3 N–H and O–H groups in total. The summed E-state index contributed by atoms with van der Waals surface area (Å²) in [7, 11) is 0. The van der Waals surface area contributed by atoms with Crippen molar-refractivity contribution in [1.29, 1.82) is 0 Å². The highest BCUT2D eigenvalue weighted by Crippen LogP contribution is 2.47. The Morgan fingerprint density at radius 3 is 3.00 bits per heavy atom. The third kappa shape index (κ3) is 2.66.